The Morgan fingerprint density at radius 1 is 1.00 bits per heavy atom. The van der Waals surface area contributed by atoms with E-state index in [0.717, 1.165) is 48.4 Å². The van der Waals surface area contributed by atoms with Crippen LogP contribution in [0.4, 0.5) is 13.2 Å². The number of ether oxygens (including phenoxy) is 1. The molecule has 2 rings (SSSR count). The number of carbonyl (C=O) groups is 1. The summed E-state index contributed by atoms with van der Waals surface area (Å²) in [5.74, 6) is -0.849. The second-order valence-corrected chi connectivity index (χ2v) is 22.0. The summed E-state index contributed by atoms with van der Waals surface area (Å²) < 4.78 is 59.8. The molecule has 0 amide bonds. The lowest BCUT2D eigenvalue weighted by molar-refractivity contribution is -0.138. The third kappa shape index (κ3) is 11.9. The maximum absolute atomic E-state index is 13.4. The van der Waals surface area contributed by atoms with Crippen molar-refractivity contribution in [3.63, 3.8) is 0 Å². The summed E-state index contributed by atoms with van der Waals surface area (Å²) in [6, 6.07) is 10.6. The molecule has 0 unspecified atom stereocenters. The number of hydrogen-bond donors (Lipinski definition) is 2. The first-order chi connectivity index (χ1) is 21.8. The number of carboxylic acids is 1. The zero-order valence-corrected chi connectivity index (χ0v) is 30.7. The summed E-state index contributed by atoms with van der Waals surface area (Å²) in [7, 11) is -4.11. The average molecular weight is 687 g/mol. The van der Waals surface area contributed by atoms with Gasteiger partial charge in [-0.15, -0.1) is 0 Å². The van der Waals surface area contributed by atoms with E-state index in [1.807, 2.05) is 18.2 Å². The molecule has 0 aromatic heterocycles. The van der Waals surface area contributed by atoms with Crippen LogP contribution in [0.15, 0.2) is 48.6 Å². The smallest absolute Gasteiger partial charge is 0.416 e. The Labute approximate surface area is 276 Å². The number of aliphatic hydroxyl groups excluding tert-OH is 1. The van der Waals surface area contributed by atoms with E-state index >= 15 is 0 Å². The molecule has 262 valence electrons. The van der Waals surface area contributed by atoms with E-state index in [-0.39, 0.29) is 36.7 Å². The number of halogens is 3. The van der Waals surface area contributed by atoms with E-state index in [0.29, 0.717) is 25.7 Å². The number of aliphatic carboxylic acids is 1. The summed E-state index contributed by atoms with van der Waals surface area (Å²) in [6.07, 6.45) is 4.99. The maximum Gasteiger partial charge on any atom is 0.416 e. The first-order valence-electron chi connectivity index (χ1n) is 17.2. The van der Waals surface area contributed by atoms with E-state index in [1.165, 1.54) is 12.1 Å². The maximum atomic E-state index is 13.4. The van der Waals surface area contributed by atoms with Gasteiger partial charge in [0.05, 0.1) is 23.9 Å². The zero-order chi connectivity index (χ0) is 34.4. The molecule has 1 aliphatic carbocycles. The molecule has 1 aromatic carbocycles. The highest BCUT2D eigenvalue weighted by atomic mass is 28.4. The van der Waals surface area contributed by atoms with Gasteiger partial charge in [-0.3, -0.25) is 4.79 Å². The van der Waals surface area contributed by atoms with Crippen molar-refractivity contribution < 1.29 is 41.8 Å². The lowest BCUT2D eigenvalue weighted by atomic mass is 9.89. The van der Waals surface area contributed by atoms with Gasteiger partial charge in [-0.05, 0) is 86.1 Å². The number of unbranched alkanes of at least 4 members (excludes halogenated alkanes) is 1. The van der Waals surface area contributed by atoms with Gasteiger partial charge in [0, 0.05) is 12.3 Å². The van der Waals surface area contributed by atoms with E-state index in [9.17, 15) is 23.1 Å². The minimum atomic E-state index is -4.46. The molecule has 46 heavy (non-hydrogen) atoms. The van der Waals surface area contributed by atoms with Crippen molar-refractivity contribution in [1.29, 1.82) is 0 Å². The minimum Gasteiger partial charge on any atom is -0.491 e. The van der Waals surface area contributed by atoms with Crippen LogP contribution in [-0.2, 0) is 19.8 Å². The lowest BCUT2D eigenvalue weighted by Gasteiger charge is -2.35. The van der Waals surface area contributed by atoms with Gasteiger partial charge in [-0.1, -0.05) is 71.9 Å². The molecule has 1 aliphatic rings. The Hall–Kier alpha value is -1.93. The quantitative estimate of drug-likeness (QED) is 0.0761. The largest absolute Gasteiger partial charge is 0.491 e. The van der Waals surface area contributed by atoms with Crippen LogP contribution in [0.3, 0.4) is 0 Å². The van der Waals surface area contributed by atoms with Crippen LogP contribution in [0.2, 0.25) is 36.3 Å². The van der Waals surface area contributed by atoms with Gasteiger partial charge in [0.15, 0.2) is 16.6 Å². The molecule has 0 radical (unpaired) electrons. The van der Waals surface area contributed by atoms with Crippen LogP contribution in [0.25, 0.3) is 0 Å². The molecule has 2 N–H and O–H groups in total. The molecule has 0 aliphatic heterocycles. The topological polar surface area (TPSA) is 85.2 Å². The molecule has 1 aromatic rings. The van der Waals surface area contributed by atoms with Crippen molar-refractivity contribution >= 4 is 22.6 Å². The highest BCUT2D eigenvalue weighted by molar-refractivity contribution is 6.74. The fraction of sp³-hybridized carbons (Fsp3) is 0.686. The predicted octanol–water partition coefficient (Wildman–Crippen LogP) is 9.62. The van der Waals surface area contributed by atoms with Gasteiger partial charge in [-0.25, -0.2) is 0 Å². The van der Waals surface area contributed by atoms with Crippen molar-refractivity contribution in [3.05, 3.63) is 54.1 Å². The standard InChI is InChI=1S/C35H57F3O6Si2/c1-7-45(8-2,9-3)43-29(26-42-28-19-17-18-27(24-28)35(36,37)38)22-23-31-30(20-15-13-14-16-21-34(40)41)32(39)25-33(31)44-46(10-4,11-5)12-6/h13,15,17-19,22-24,29-33,39H,7-12,14,16,20-21,25-26H2,1-6H3,(H,40,41)/b15-13?,23-22+/t29-,30-,31-,32+,33-/m1/s1. The Morgan fingerprint density at radius 2 is 1.63 bits per heavy atom. The number of alkyl halides is 3. The summed E-state index contributed by atoms with van der Waals surface area (Å²) >= 11 is 0. The molecule has 1 saturated carbocycles. The molecule has 11 heteroatoms. The Bertz CT molecular complexity index is 1090. The van der Waals surface area contributed by atoms with E-state index < -0.39 is 46.6 Å². The molecular weight excluding hydrogens is 630 g/mol. The van der Waals surface area contributed by atoms with E-state index in [4.69, 9.17) is 18.7 Å². The molecular formula is C35H57F3O6Si2. The molecule has 0 spiro atoms. The van der Waals surface area contributed by atoms with Gasteiger partial charge in [0.2, 0.25) is 0 Å². The number of rotatable bonds is 21. The third-order valence-corrected chi connectivity index (χ3v) is 19.4. The predicted molar refractivity (Wildman–Crippen MR) is 183 cm³/mol. The van der Waals surface area contributed by atoms with Crippen molar-refractivity contribution in [2.45, 2.75) is 134 Å². The Kier molecular flexibility index (Phi) is 16.8. The summed E-state index contributed by atoms with van der Waals surface area (Å²) in [5.41, 5.74) is -0.758. The van der Waals surface area contributed by atoms with Gasteiger partial charge < -0.3 is 23.8 Å². The zero-order valence-electron chi connectivity index (χ0n) is 28.7. The summed E-state index contributed by atoms with van der Waals surface area (Å²) in [6.45, 7) is 13.0. The molecule has 6 nitrogen and oxygen atoms in total. The molecule has 5 atom stereocenters. The highest BCUT2D eigenvalue weighted by Crippen LogP contribution is 2.41. The van der Waals surface area contributed by atoms with Gasteiger partial charge in [0.25, 0.3) is 0 Å². The number of allylic oxidation sites excluding steroid dienone is 2. The lowest BCUT2D eigenvalue weighted by Crippen LogP contribution is -2.42. The Morgan fingerprint density at radius 3 is 2.20 bits per heavy atom. The minimum absolute atomic E-state index is 0.0685. The monoisotopic (exact) mass is 686 g/mol. The van der Waals surface area contributed by atoms with E-state index in [1.54, 1.807) is 0 Å². The molecule has 1 fully saturated rings. The van der Waals surface area contributed by atoms with Crippen LogP contribution < -0.4 is 4.74 Å². The molecule has 0 bridgehead atoms. The second-order valence-electron chi connectivity index (χ2n) is 12.6. The molecule has 0 heterocycles. The van der Waals surface area contributed by atoms with Gasteiger partial charge in [-0.2, -0.15) is 13.2 Å². The third-order valence-electron chi connectivity index (χ3n) is 10.0. The first-order valence-corrected chi connectivity index (χ1v) is 22.3. The average Bonchev–Trinajstić information content (AvgIpc) is 3.33. The summed E-state index contributed by atoms with van der Waals surface area (Å²) in [5, 5.41) is 20.2. The van der Waals surface area contributed by atoms with Crippen LogP contribution in [-0.4, -0.2) is 57.7 Å². The van der Waals surface area contributed by atoms with Crippen molar-refractivity contribution in [2.75, 3.05) is 6.61 Å². The fourth-order valence-electron chi connectivity index (χ4n) is 6.52. The second kappa shape index (κ2) is 19.2. The number of aliphatic hydroxyl groups is 1. The van der Waals surface area contributed by atoms with Crippen molar-refractivity contribution in [1.82, 2.24) is 0 Å². The van der Waals surface area contributed by atoms with Crippen LogP contribution in [0.1, 0.15) is 79.2 Å². The first kappa shape index (κ1) is 40.2. The number of carboxylic acid groups (broad SMARTS) is 1. The van der Waals surface area contributed by atoms with Crippen molar-refractivity contribution in [3.8, 4) is 5.75 Å². The van der Waals surface area contributed by atoms with Gasteiger partial charge >= 0.3 is 12.1 Å². The normalized spacial score (nSPS) is 21.8. The highest BCUT2D eigenvalue weighted by Gasteiger charge is 2.45. The van der Waals surface area contributed by atoms with Crippen LogP contribution in [0.5, 0.6) is 5.75 Å². The molecule has 0 saturated heterocycles. The fourth-order valence-corrected chi connectivity index (χ4v) is 12.2. The van der Waals surface area contributed by atoms with Crippen LogP contribution >= 0.6 is 0 Å². The number of benzene rings is 1. The number of hydrogen-bond acceptors (Lipinski definition) is 5. The SMILES string of the molecule is CC[Si](CC)(CC)O[C@H](/C=C/[C@@H]1[C@@H](CC=CCCCC(=O)O)[C@@H](O)C[C@H]1O[Si](CC)(CC)CC)COc1cccc(C(F)(F)F)c1. The Balaban J connectivity index is 2.40. The van der Waals surface area contributed by atoms with E-state index in [2.05, 4.69) is 47.6 Å². The van der Waals surface area contributed by atoms with Crippen LogP contribution in [0, 0.1) is 11.8 Å². The summed E-state index contributed by atoms with van der Waals surface area (Å²) in [4.78, 5) is 10.9. The van der Waals surface area contributed by atoms with Crippen molar-refractivity contribution in [2.24, 2.45) is 11.8 Å². The van der Waals surface area contributed by atoms with Gasteiger partial charge in [0.1, 0.15) is 12.4 Å².